The molecule has 0 bridgehead atoms. The number of aromatic nitrogens is 5. The zero-order valence-electron chi connectivity index (χ0n) is 8.92. The molecule has 1 atom stereocenters. The van der Waals surface area contributed by atoms with Crippen molar-refractivity contribution in [1.82, 2.24) is 30.2 Å². The molecule has 2 aromatic heterocycles. The molecule has 2 rings (SSSR count). The predicted molar refractivity (Wildman–Crippen MR) is 61.1 cm³/mol. The molecule has 0 aromatic carbocycles. The van der Waals surface area contributed by atoms with Gasteiger partial charge in [-0.05, 0) is 22.0 Å². The van der Waals surface area contributed by atoms with Gasteiger partial charge in [0, 0.05) is 20.3 Å². The lowest BCUT2D eigenvalue weighted by molar-refractivity contribution is 0.550. The van der Waals surface area contributed by atoms with Crippen LogP contribution in [-0.4, -0.2) is 24.8 Å². The zero-order valence-corrected chi connectivity index (χ0v) is 10.5. The van der Waals surface area contributed by atoms with E-state index in [1.165, 1.54) is 0 Å². The van der Waals surface area contributed by atoms with Crippen LogP contribution in [0.5, 0.6) is 0 Å². The summed E-state index contributed by atoms with van der Waals surface area (Å²) in [5.74, 6) is 5.55. The van der Waals surface area contributed by atoms with Crippen molar-refractivity contribution in [2.24, 2.45) is 19.9 Å². The molecule has 0 saturated carbocycles. The molecule has 2 heterocycles. The van der Waals surface area contributed by atoms with Gasteiger partial charge in [0.05, 0.1) is 11.4 Å². The van der Waals surface area contributed by atoms with Gasteiger partial charge in [-0.15, -0.1) is 5.10 Å². The molecular weight excluding hydrogens is 274 g/mol. The Balaban J connectivity index is 2.44. The van der Waals surface area contributed by atoms with Gasteiger partial charge in [-0.25, -0.2) is 10.1 Å². The average Bonchev–Trinajstić information content (AvgIpc) is 2.80. The van der Waals surface area contributed by atoms with Crippen LogP contribution in [0.15, 0.2) is 16.9 Å². The molecule has 0 amide bonds. The van der Waals surface area contributed by atoms with Crippen molar-refractivity contribution in [1.29, 1.82) is 0 Å². The largest absolute Gasteiger partial charge is 0.275 e. The lowest BCUT2D eigenvalue weighted by Gasteiger charge is -2.13. The van der Waals surface area contributed by atoms with Gasteiger partial charge in [-0.2, -0.15) is 5.10 Å². The maximum atomic E-state index is 5.55. The number of hydrogen-bond acceptors (Lipinski definition) is 5. The Morgan fingerprint density at radius 1 is 1.50 bits per heavy atom. The highest BCUT2D eigenvalue weighted by Crippen LogP contribution is 2.24. The Hall–Kier alpha value is -1.25. The first-order valence-electron chi connectivity index (χ1n) is 4.64. The Labute approximate surface area is 101 Å². The second kappa shape index (κ2) is 4.32. The minimum atomic E-state index is -0.240. The van der Waals surface area contributed by atoms with E-state index in [0.717, 1.165) is 11.4 Å². The summed E-state index contributed by atoms with van der Waals surface area (Å²) >= 11 is 3.34. The Morgan fingerprint density at radius 2 is 2.25 bits per heavy atom. The number of hydrogen-bond donors (Lipinski definition) is 2. The van der Waals surface area contributed by atoms with Crippen molar-refractivity contribution in [2.75, 3.05) is 0 Å². The molecule has 2 aromatic rings. The van der Waals surface area contributed by atoms with Crippen molar-refractivity contribution < 1.29 is 0 Å². The molecule has 0 spiro atoms. The van der Waals surface area contributed by atoms with Gasteiger partial charge in [0.25, 0.3) is 0 Å². The van der Waals surface area contributed by atoms with E-state index in [9.17, 15) is 0 Å². The highest BCUT2D eigenvalue weighted by atomic mass is 79.9. The molecule has 86 valence electrons. The van der Waals surface area contributed by atoms with E-state index in [1.54, 1.807) is 16.4 Å². The highest BCUT2D eigenvalue weighted by molar-refractivity contribution is 9.10. The number of nitrogens with zero attached hydrogens (tertiary/aromatic N) is 5. The topological polar surface area (TPSA) is 86.6 Å². The third-order valence-electron chi connectivity index (χ3n) is 2.30. The highest BCUT2D eigenvalue weighted by Gasteiger charge is 2.22. The molecule has 3 N–H and O–H groups in total. The Kier molecular flexibility index (Phi) is 3.03. The lowest BCUT2D eigenvalue weighted by atomic mass is 10.1. The van der Waals surface area contributed by atoms with Crippen LogP contribution in [0.25, 0.3) is 0 Å². The van der Waals surface area contributed by atoms with Crippen molar-refractivity contribution in [3.05, 3.63) is 28.3 Å². The molecule has 16 heavy (non-hydrogen) atoms. The third-order valence-corrected chi connectivity index (χ3v) is 2.86. The van der Waals surface area contributed by atoms with Crippen LogP contribution in [0.1, 0.15) is 17.4 Å². The van der Waals surface area contributed by atoms with Gasteiger partial charge in [0.1, 0.15) is 6.04 Å². The molecule has 7 nitrogen and oxygen atoms in total. The lowest BCUT2D eigenvalue weighted by Crippen LogP contribution is -2.31. The summed E-state index contributed by atoms with van der Waals surface area (Å²) in [6, 6.07) is 1.65. The fourth-order valence-corrected chi connectivity index (χ4v) is 2.09. The van der Waals surface area contributed by atoms with E-state index in [4.69, 9.17) is 5.84 Å². The number of nitrogens with one attached hydrogen (secondary N) is 1. The molecule has 0 radical (unpaired) electrons. The van der Waals surface area contributed by atoms with Crippen molar-refractivity contribution >= 4 is 15.9 Å². The average molecular weight is 286 g/mol. The number of rotatable bonds is 3. The van der Waals surface area contributed by atoms with E-state index >= 15 is 0 Å². The molecule has 0 aliphatic heterocycles. The number of nitrogens with two attached hydrogens (primary N) is 1. The van der Waals surface area contributed by atoms with E-state index in [1.807, 2.05) is 19.3 Å². The van der Waals surface area contributed by atoms with Gasteiger partial charge in [-0.3, -0.25) is 10.5 Å². The first-order chi connectivity index (χ1) is 7.63. The molecular formula is C8H12BrN7. The van der Waals surface area contributed by atoms with Gasteiger partial charge in [-0.1, -0.05) is 5.21 Å². The summed E-state index contributed by atoms with van der Waals surface area (Å²) in [7, 11) is 3.66. The monoisotopic (exact) mass is 285 g/mol. The standard InChI is InChI=1S/C8H12BrN7/c1-15-4-3-5(13-15)6(11-10)7-8(9)12-14-16(7)2/h3-4,6,11H,10H2,1-2H3. The number of hydrazine groups is 1. The third kappa shape index (κ3) is 1.86. The maximum absolute atomic E-state index is 5.55. The summed E-state index contributed by atoms with van der Waals surface area (Å²) in [6.07, 6.45) is 1.86. The molecule has 1 unspecified atom stereocenters. The fourth-order valence-electron chi connectivity index (χ4n) is 1.54. The molecule has 0 fully saturated rings. The van der Waals surface area contributed by atoms with Gasteiger partial charge in [0.2, 0.25) is 0 Å². The van der Waals surface area contributed by atoms with E-state index < -0.39 is 0 Å². The fraction of sp³-hybridized carbons (Fsp3) is 0.375. The van der Waals surface area contributed by atoms with Gasteiger partial charge < -0.3 is 0 Å². The van der Waals surface area contributed by atoms with Gasteiger partial charge in [0.15, 0.2) is 4.60 Å². The maximum Gasteiger partial charge on any atom is 0.153 e. The van der Waals surface area contributed by atoms with Crippen molar-refractivity contribution in [2.45, 2.75) is 6.04 Å². The second-order valence-electron chi connectivity index (χ2n) is 3.40. The molecule has 0 saturated heterocycles. The van der Waals surface area contributed by atoms with E-state index in [0.29, 0.717) is 4.60 Å². The summed E-state index contributed by atoms with van der Waals surface area (Å²) in [4.78, 5) is 0. The summed E-state index contributed by atoms with van der Waals surface area (Å²) in [5.41, 5.74) is 4.36. The van der Waals surface area contributed by atoms with E-state index in [-0.39, 0.29) is 6.04 Å². The molecule has 0 aliphatic rings. The summed E-state index contributed by atoms with van der Waals surface area (Å²) in [5, 5.41) is 12.1. The minimum absolute atomic E-state index is 0.240. The van der Waals surface area contributed by atoms with Crippen LogP contribution in [0, 0.1) is 0 Å². The number of aryl methyl sites for hydroxylation is 2. The first kappa shape index (κ1) is 11.2. The smallest absolute Gasteiger partial charge is 0.153 e. The summed E-state index contributed by atoms with van der Waals surface area (Å²) < 4.78 is 4.03. The quantitative estimate of drug-likeness (QED) is 0.606. The van der Waals surface area contributed by atoms with Crippen molar-refractivity contribution in [3.63, 3.8) is 0 Å². The Morgan fingerprint density at radius 3 is 2.69 bits per heavy atom. The van der Waals surface area contributed by atoms with Crippen LogP contribution in [0.4, 0.5) is 0 Å². The first-order valence-corrected chi connectivity index (χ1v) is 5.43. The molecule has 8 heteroatoms. The second-order valence-corrected chi connectivity index (χ2v) is 4.15. The van der Waals surface area contributed by atoms with Crippen LogP contribution >= 0.6 is 15.9 Å². The van der Waals surface area contributed by atoms with Crippen LogP contribution in [-0.2, 0) is 14.1 Å². The van der Waals surface area contributed by atoms with Gasteiger partial charge >= 0.3 is 0 Å². The zero-order chi connectivity index (χ0) is 11.7. The van der Waals surface area contributed by atoms with Crippen LogP contribution < -0.4 is 11.3 Å². The minimum Gasteiger partial charge on any atom is -0.275 e. The van der Waals surface area contributed by atoms with Crippen LogP contribution in [0.2, 0.25) is 0 Å². The summed E-state index contributed by atoms with van der Waals surface area (Å²) in [6.45, 7) is 0. The predicted octanol–water partition coefficient (Wildman–Crippen LogP) is -0.136. The van der Waals surface area contributed by atoms with Crippen molar-refractivity contribution in [3.8, 4) is 0 Å². The number of halogens is 1. The Bertz CT molecular complexity index is 469. The van der Waals surface area contributed by atoms with Crippen LogP contribution in [0.3, 0.4) is 0 Å². The normalized spacial score (nSPS) is 13.0. The molecule has 0 aliphatic carbocycles. The van der Waals surface area contributed by atoms with E-state index in [2.05, 4.69) is 36.8 Å². The SMILES string of the molecule is Cn1ccc(C(NN)c2c(Br)nnn2C)n1.